The smallest absolute Gasteiger partial charge is 0.356 e. The van der Waals surface area contributed by atoms with Crippen molar-refractivity contribution in [3.8, 4) is 0 Å². The molecule has 0 atom stereocenters. The van der Waals surface area contributed by atoms with Gasteiger partial charge in [-0.3, -0.25) is 4.79 Å². The van der Waals surface area contributed by atoms with Gasteiger partial charge in [-0.05, 0) is 35.0 Å². The maximum Gasteiger partial charge on any atom is 0.416 e. The zero-order chi connectivity index (χ0) is 14.3. The normalized spacial score (nSPS) is 11.4. The van der Waals surface area contributed by atoms with E-state index in [1.807, 2.05) is 0 Å². The highest BCUT2D eigenvalue weighted by Gasteiger charge is 2.29. The third-order valence-electron chi connectivity index (χ3n) is 2.53. The number of hydrogen-bond acceptors (Lipinski definition) is 1. The Morgan fingerprint density at radius 3 is 2.32 bits per heavy atom. The summed E-state index contributed by atoms with van der Waals surface area (Å²) in [6.45, 7) is 0.614. The lowest BCUT2D eigenvalue weighted by molar-refractivity contribution is -0.137. The van der Waals surface area contributed by atoms with E-state index in [4.69, 9.17) is 0 Å². The van der Waals surface area contributed by atoms with Gasteiger partial charge in [0, 0.05) is 6.54 Å². The molecule has 0 aliphatic heterocycles. The maximum absolute atomic E-state index is 12.3. The van der Waals surface area contributed by atoms with E-state index >= 15 is 0 Å². The number of nitrogens with one attached hydrogen (secondary N) is 1. The minimum Gasteiger partial charge on any atom is -0.356 e. The largest absolute Gasteiger partial charge is 0.416 e. The number of unbranched alkanes of at least 4 members (excludes halogenated alkanes) is 1. The Kier molecular flexibility index (Phi) is 6.60. The fourth-order valence-corrected chi connectivity index (χ4v) is 2.05. The van der Waals surface area contributed by atoms with Crippen LogP contribution in [-0.2, 0) is 17.4 Å². The third-order valence-corrected chi connectivity index (χ3v) is 3.29. The summed E-state index contributed by atoms with van der Waals surface area (Å²) < 4.78 is 38.1. The van der Waals surface area contributed by atoms with Gasteiger partial charge in [0.25, 0.3) is 0 Å². The van der Waals surface area contributed by atoms with E-state index in [0.29, 0.717) is 12.1 Å². The molecule has 1 N–H and O–H groups in total. The van der Waals surface area contributed by atoms with Gasteiger partial charge in [0.1, 0.15) is 0 Å². The van der Waals surface area contributed by atoms with Crippen LogP contribution in [0.2, 0.25) is 0 Å². The van der Waals surface area contributed by atoms with E-state index < -0.39 is 11.7 Å². The molecule has 1 aromatic rings. The van der Waals surface area contributed by atoms with Crippen LogP contribution < -0.4 is 5.32 Å². The molecule has 0 unspecified atom stereocenters. The van der Waals surface area contributed by atoms with E-state index in [2.05, 4.69) is 27.9 Å². The Balaban J connectivity index is 2.43. The summed E-state index contributed by atoms with van der Waals surface area (Å²) in [5.41, 5.74) is -0.113. The average Bonchev–Trinajstić information content (AvgIpc) is 2.34. The van der Waals surface area contributed by atoms with Crippen LogP contribution in [0.4, 0.5) is 13.2 Å². The lowest BCUT2D eigenvalue weighted by Gasteiger charge is -2.08. The molecule has 0 aromatic heterocycles. The van der Waals surface area contributed by atoms with E-state index in [0.717, 1.165) is 29.4 Å². The van der Waals surface area contributed by atoms with Gasteiger partial charge in [-0.2, -0.15) is 13.2 Å². The molecule has 0 saturated carbocycles. The summed E-state index contributed by atoms with van der Waals surface area (Å²) in [4.78, 5) is 11.5. The standard InChI is InChI=1S/C13H15F3INO/c14-13(15,16)11-5-3-10(4-6-11)9-12(19)18-8-2-1-7-17/h3-6H,1-2,7-9H2,(H,18,19). The van der Waals surface area contributed by atoms with Crippen LogP contribution in [0.3, 0.4) is 0 Å². The van der Waals surface area contributed by atoms with Gasteiger partial charge in [-0.25, -0.2) is 0 Å². The predicted octanol–water partition coefficient (Wildman–Crippen LogP) is 3.58. The number of carbonyl (C=O) groups is 1. The molecule has 19 heavy (non-hydrogen) atoms. The van der Waals surface area contributed by atoms with Gasteiger partial charge in [0.15, 0.2) is 0 Å². The zero-order valence-corrected chi connectivity index (χ0v) is 12.4. The summed E-state index contributed by atoms with van der Waals surface area (Å²) in [6.07, 6.45) is -2.26. The molecule has 1 rings (SSSR count). The predicted molar refractivity (Wildman–Crippen MR) is 76.3 cm³/mol. The van der Waals surface area contributed by atoms with Crippen molar-refractivity contribution in [1.29, 1.82) is 0 Å². The second kappa shape index (κ2) is 7.72. The van der Waals surface area contributed by atoms with Crippen LogP contribution in [0.1, 0.15) is 24.0 Å². The molecule has 0 bridgehead atoms. The third kappa shape index (κ3) is 6.26. The van der Waals surface area contributed by atoms with Crippen molar-refractivity contribution < 1.29 is 18.0 Å². The Hall–Kier alpha value is -0.790. The molecule has 0 aliphatic carbocycles. The van der Waals surface area contributed by atoms with Gasteiger partial charge >= 0.3 is 6.18 Å². The van der Waals surface area contributed by atoms with Crippen molar-refractivity contribution in [2.75, 3.05) is 11.0 Å². The number of rotatable bonds is 6. The fraction of sp³-hybridized carbons (Fsp3) is 0.462. The molecule has 1 amide bonds. The van der Waals surface area contributed by atoms with E-state index in [9.17, 15) is 18.0 Å². The average molecular weight is 385 g/mol. The molecule has 0 heterocycles. The molecule has 106 valence electrons. The molecule has 2 nitrogen and oxygen atoms in total. The topological polar surface area (TPSA) is 29.1 Å². The van der Waals surface area contributed by atoms with Gasteiger partial charge < -0.3 is 5.32 Å². The second-order valence-corrected chi connectivity index (χ2v) is 5.20. The monoisotopic (exact) mass is 385 g/mol. The van der Waals surface area contributed by atoms with E-state index in [1.54, 1.807) is 0 Å². The Morgan fingerprint density at radius 1 is 1.16 bits per heavy atom. The zero-order valence-electron chi connectivity index (χ0n) is 10.3. The molecule has 0 aliphatic rings. The van der Waals surface area contributed by atoms with Gasteiger partial charge in [0.05, 0.1) is 12.0 Å². The lowest BCUT2D eigenvalue weighted by Crippen LogP contribution is -2.26. The first-order chi connectivity index (χ1) is 8.93. The Labute approximate surface area is 123 Å². The summed E-state index contributed by atoms with van der Waals surface area (Å²) >= 11 is 2.27. The van der Waals surface area contributed by atoms with Crippen LogP contribution in [-0.4, -0.2) is 16.9 Å². The van der Waals surface area contributed by atoms with Crippen molar-refractivity contribution in [3.63, 3.8) is 0 Å². The first-order valence-electron chi connectivity index (χ1n) is 5.92. The van der Waals surface area contributed by atoms with Crippen LogP contribution in [0.5, 0.6) is 0 Å². The molecule has 0 fully saturated rings. The van der Waals surface area contributed by atoms with Crippen molar-refractivity contribution in [2.24, 2.45) is 0 Å². The highest BCUT2D eigenvalue weighted by molar-refractivity contribution is 14.1. The van der Waals surface area contributed by atoms with Crippen molar-refractivity contribution in [3.05, 3.63) is 35.4 Å². The molecular formula is C13H15F3INO. The maximum atomic E-state index is 12.3. The highest BCUT2D eigenvalue weighted by Crippen LogP contribution is 2.29. The summed E-state index contributed by atoms with van der Waals surface area (Å²) in [6, 6.07) is 4.68. The first-order valence-corrected chi connectivity index (χ1v) is 7.45. The Bertz CT molecular complexity index is 403. The molecule has 6 heteroatoms. The SMILES string of the molecule is O=C(Cc1ccc(C(F)(F)F)cc1)NCCCCI. The van der Waals surface area contributed by atoms with Crippen LogP contribution >= 0.6 is 22.6 Å². The Morgan fingerprint density at radius 2 is 1.79 bits per heavy atom. The quantitative estimate of drug-likeness (QED) is 0.453. The van der Waals surface area contributed by atoms with Crippen molar-refractivity contribution >= 4 is 28.5 Å². The lowest BCUT2D eigenvalue weighted by atomic mass is 10.1. The minimum atomic E-state index is -4.33. The second-order valence-electron chi connectivity index (χ2n) is 4.12. The summed E-state index contributed by atoms with van der Waals surface area (Å²) in [5, 5.41) is 2.75. The minimum absolute atomic E-state index is 0.113. The first kappa shape index (κ1) is 16.3. The number of benzene rings is 1. The van der Waals surface area contributed by atoms with Crippen LogP contribution in [0.15, 0.2) is 24.3 Å². The molecule has 0 spiro atoms. The van der Waals surface area contributed by atoms with E-state index in [-0.39, 0.29) is 12.3 Å². The van der Waals surface area contributed by atoms with Crippen molar-refractivity contribution in [2.45, 2.75) is 25.4 Å². The highest BCUT2D eigenvalue weighted by atomic mass is 127. The van der Waals surface area contributed by atoms with Crippen LogP contribution in [0, 0.1) is 0 Å². The van der Waals surface area contributed by atoms with Gasteiger partial charge in [-0.15, -0.1) is 0 Å². The molecule has 1 aromatic carbocycles. The number of amides is 1. The number of alkyl halides is 4. The summed E-state index contributed by atoms with van der Waals surface area (Å²) in [5.74, 6) is -0.159. The van der Waals surface area contributed by atoms with Gasteiger partial charge in [0.2, 0.25) is 5.91 Å². The van der Waals surface area contributed by atoms with Crippen LogP contribution in [0.25, 0.3) is 0 Å². The molecule has 0 radical (unpaired) electrons. The summed E-state index contributed by atoms with van der Waals surface area (Å²) in [7, 11) is 0. The van der Waals surface area contributed by atoms with Gasteiger partial charge in [-0.1, -0.05) is 34.7 Å². The van der Waals surface area contributed by atoms with Crippen molar-refractivity contribution in [1.82, 2.24) is 5.32 Å². The van der Waals surface area contributed by atoms with E-state index in [1.165, 1.54) is 12.1 Å². The number of hydrogen-bond donors (Lipinski definition) is 1. The number of carbonyl (C=O) groups excluding carboxylic acids is 1. The fourth-order valence-electron chi connectivity index (χ4n) is 1.51. The molecule has 0 saturated heterocycles. The molecular weight excluding hydrogens is 370 g/mol. The number of halogens is 4.